The predicted octanol–water partition coefficient (Wildman–Crippen LogP) is 4.72. The van der Waals surface area contributed by atoms with Crippen molar-refractivity contribution in [1.82, 2.24) is 0 Å². The van der Waals surface area contributed by atoms with Gasteiger partial charge in [0, 0.05) is 3.57 Å². The van der Waals surface area contributed by atoms with Gasteiger partial charge in [0.25, 0.3) is 0 Å². The fourth-order valence-corrected chi connectivity index (χ4v) is 2.71. The molecule has 0 saturated carbocycles. The van der Waals surface area contributed by atoms with Gasteiger partial charge in [-0.2, -0.15) is 30.7 Å². The summed E-state index contributed by atoms with van der Waals surface area (Å²) in [6.07, 6.45) is -8.47. The summed E-state index contributed by atoms with van der Waals surface area (Å²) < 4.78 is 89.0. The fourth-order valence-electron chi connectivity index (χ4n) is 1.74. The molecular weight excluding hydrogens is 420 g/mol. The molecule has 0 aliphatic heterocycles. The zero-order chi connectivity index (χ0) is 16.7. The van der Waals surface area contributed by atoms with Gasteiger partial charge in [0.05, 0.1) is 12.0 Å². The molecule has 0 heterocycles. The first-order chi connectivity index (χ1) is 9.22. The molecule has 120 valence electrons. The smallest absolute Gasteiger partial charge is 0.385 e. The van der Waals surface area contributed by atoms with Crippen LogP contribution in [0, 0.1) is 3.57 Å². The maximum absolute atomic E-state index is 13.4. The summed E-state index contributed by atoms with van der Waals surface area (Å²) in [5.74, 6) is -11.7. The van der Waals surface area contributed by atoms with Crippen molar-refractivity contribution in [2.75, 3.05) is 0 Å². The van der Waals surface area contributed by atoms with Crippen molar-refractivity contribution in [3.05, 3.63) is 33.4 Å². The zero-order valence-corrected chi connectivity index (χ0v) is 12.6. The van der Waals surface area contributed by atoms with Crippen LogP contribution >= 0.6 is 22.6 Å². The third kappa shape index (κ3) is 3.61. The molecule has 1 aromatic rings. The van der Waals surface area contributed by atoms with E-state index in [1.165, 1.54) is 24.3 Å². The monoisotopic (exact) mass is 430 g/mol. The number of hydrogen-bond acceptors (Lipinski definition) is 1. The van der Waals surface area contributed by atoms with Crippen molar-refractivity contribution >= 4 is 22.6 Å². The van der Waals surface area contributed by atoms with E-state index in [0.29, 0.717) is 0 Å². The molecule has 9 heteroatoms. The number of hydrogen-bond donors (Lipinski definition) is 1. The minimum Gasteiger partial charge on any atom is -0.385 e. The summed E-state index contributed by atoms with van der Waals surface area (Å²) in [5.41, 5.74) is -2.70. The molecular formula is C12H10F7IO. The van der Waals surface area contributed by atoms with Crippen LogP contribution in [0.5, 0.6) is 0 Å². The van der Waals surface area contributed by atoms with Crippen LogP contribution in [0.1, 0.15) is 18.9 Å². The second kappa shape index (κ2) is 5.56. The lowest BCUT2D eigenvalue weighted by Gasteiger charge is -2.34. The Labute approximate surface area is 129 Å². The predicted molar refractivity (Wildman–Crippen MR) is 69.3 cm³/mol. The van der Waals surface area contributed by atoms with E-state index in [1.54, 1.807) is 22.6 Å². The van der Waals surface area contributed by atoms with Crippen molar-refractivity contribution in [2.45, 2.75) is 37.0 Å². The number of halogens is 8. The lowest BCUT2D eigenvalue weighted by atomic mass is 9.87. The van der Waals surface area contributed by atoms with Gasteiger partial charge in [-0.1, -0.05) is 18.2 Å². The molecule has 1 unspecified atom stereocenters. The van der Waals surface area contributed by atoms with Crippen molar-refractivity contribution in [3.8, 4) is 0 Å². The SMILES string of the molecule is CC(O)(CC(F)(F)C(F)(F)C(F)(F)F)c1ccccc1I. The quantitative estimate of drug-likeness (QED) is 0.542. The fraction of sp³-hybridized carbons (Fsp3) is 0.500. The Morgan fingerprint density at radius 2 is 1.48 bits per heavy atom. The Kier molecular flexibility index (Phi) is 4.89. The molecule has 1 atom stereocenters. The van der Waals surface area contributed by atoms with Crippen LogP contribution in [0.4, 0.5) is 30.7 Å². The second-order valence-electron chi connectivity index (χ2n) is 4.71. The molecule has 0 amide bonds. The van der Waals surface area contributed by atoms with Crippen LogP contribution < -0.4 is 0 Å². The van der Waals surface area contributed by atoms with Crippen molar-refractivity contribution in [3.63, 3.8) is 0 Å². The highest BCUT2D eigenvalue weighted by atomic mass is 127. The van der Waals surface area contributed by atoms with Crippen molar-refractivity contribution in [2.24, 2.45) is 0 Å². The van der Waals surface area contributed by atoms with Crippen LogP contribution in [0.15, 0.2) is 24.3 Å². The normalized spacial score (nSPS) is 16.7. The van der Waals surface area contributed by atoms with Crippen LogP contribution in [0.25, 0.3) is 0 Å². The van der Waals surface area contributed by atoms with Crippen LogP contribution in [0.3, 0.4) is 0 Å². The number of benzene rings is 1. The Morgan fingerprint density at radius 1 is 1.00 bits per heavy atom. The molecule has 0 bridgehead atoms. The van der Waals surface area contributed by atoms with E-state index in [2.05, 4.69) is 0 Å². The minimum atomic E-state index is -6.41. The van der Waals surface area contributed by atoms with Gasteiger partial charge in [0.15, 0.2) is 0 Å². The molecule has 1 N–H and O–H groups in total. The van der Waals surface area contributed by atoms with E-state index < -0.39 is 30.0 Å². The van der Waals surface area contributed by atoms with Gasteiger partial charge in [0.1, 0.15) is 0 Å². The Balaban J connectivity index is 3.17. The molecule has 1 rings (SSSR count). The summed E-state index contributed by atoms with van der Waals surface area (Å²) in [7, 11) is 0. The molecule has 0 aliphatic rings. The highest BCUT2D eigenvalue weighted by molar-refractivity contribution is 14.1. The van der Waals surface area contributed by atoms with Crippen LogP contribution in [-0.2, 0) is 5.60 Å². The van der Waals surface area contributed by atoms with Gasteiger partial charge in [0.2, 0.25) is 0 Å². The van der Waals surface area contributed by atoms with Gasteiger partial charge in [-0.25, -0.2) is 0 Å². The van der Waals surface area contributed by atoms with Gasteiger partial charge < -0.3 is 5.11 Å². The van der Waals surface area contributed by atoms with E-state index in [9.17, 15) is 35.8 Å². The summed E-state index contributed by atoms with van der Waals surface area (Å²) in [6.45, 7) is 0.769. The van der Waals surface area contributed by atoms with Gasteiger partial charge in [-0.3, -0.25) is 0 Å². The summed E-state index contributed by atoms with van der Waals surface area (Å²) in [5, 5.41) is 9.95. The molecule has 1 nitrogen and oxygen atoms in total. The lowest BCUT2D eigenvalue weighted by molar-refractivity contribution is -0.361. The van der Waals surface area contributed by atoms with E-state index in [-0.39, 0.29) is 9.13 Å². The maximum Gasteiger partial charge on any atom is 0.459 e. The molecule has 0 fully saturated rings. The standard InChI is InChI=1S/C12H10F7IO/c1-9(21,7-4-2-3-5-8(7)20)6-10(13,14)11(15,16)12(17,18)19/h2-5,21H,6H2,1H3. The third-order valence-electron chi connectivity index (χ3n) is 2.84. The Bertz CT molecular complexity index is 511. The van der Waals surface area contributed by atoms with E-state index in [0.717, 1.165) is 6.92 Å². The van der Waals surface area contributed by atoms with E-state index >= 15 is 0 Å². The Morgan fingerprint density at radius 3 is 1.90 bits per heavy atom. The number of rotatable bonds is 4. The molecule has 21 heavy (non-hydrogen) atoms. The third-order valence-corrected chi connectivity index (χ3v) is 3.78. The molecule has 0 radical (unpaired) electrons. The van der Waals surface area contributed by atoms with Gasteiger partial charge in [-0.15, -0.1) is 0 Å². The van der Waals surface area contributed by atoms with Crippen molar-refractivity contribution < 1.29 is 35.8 Å². The molecule has 0 aromatic heterocycles. The van der Waals surface area contributed by atoms with Crippen LogP contribution in [0.2, 0.25) is 0 Å². The molecule has 1 aromatic carbocycles. The van der Waals surface area contributed by atoms with Crippen LogP contribution in [-0.4, -0.2) is 23.1 Å². The summed E-state index contributed by atoms with van der Waals surface area (Å²) >= 11 is 1.66. The molecule has 0 spiro atoms. The first kappa shape index (κ1) is 18.5. The first-order valence-corrected chi connectivity index (χ1v) is 6.60. The largest absolute Gasteiger partial charge is 0.459 e. The average Bonchev–Trinajstić information content (AvgIpc) is 2.25. The van der Waals surface area contributed by atoms with Gasteiger partial charge >= 0.3 is 18.0 Å². The summed E-state index contributed by atoms with van der Waals surface area (Å²) in [6, 6.07) is 5.45. The number of alkyl halides is 7. The van der Waals surface area contributed by atoms with Gasteiger partial charge in [-0.05, 0) is 41.1 Å². The zero-order valence-electron chi connectivity index (χ0n) is 10.5. The number of aliphatic hydroxyl groups is 1. The maximum atomic E-state index is 13.4. The summed E-state index contributed by atoms with van der Waals surface area (Å²) in [4.78, 5) is 0. The Hall–Kier alpha value is -0.580. The lowest BCUT2D eigenvalue weighted by Crippen LogP contribution is -2.54. The van der Waals surface area contributed by atoms with E-state index in [4.69, 9.17) is 0 Å². The average molecular weight is 430 g/mol. The highest BCUT2D eigenvalue weighted by Crippen LogP contribution is 2.51. The first-order valence-electron chi connectivity index (χ1n) is 5.52. The minimum absolute atomic E-state index is 0.150. The molecule has 0 aliphatic carbocycles. The topological polar surface area (TPSA) is 20.2 Å². The highest BCUT2D eigenvalue weighted by Gasteiger charge is 2.73. The van der Waals surface area contributed by atoms with Crippen molar-refractivity contribution in [1.29, 1.82) is 0 Å². The molecule has 0 saturated heterocycles. The second-order valence-corrected chi connectivity index (χ2v) is 5.87. The van der Waals surface area contributed by atoms with E-state index in [1.807, 2.05) is 0 Å².